The molecule has 1 heterocycles. The molecule has 0 aliphatic carbocycles. The zero-order valence-corrected chi connectivity index (χ0v) is 11.4. The Morgan fingerprint density at radius 3 is 2.76 bits per heavy atom. The topological polar surface area (TPSA) is 67.4 Å². The molecule has 1 rings (SSSR count). The summed E-state index contributed by atoms with van der Waals surface area (Å²) in [5.41, 5.74) is 0. The molecular weight excluding hydrogens is 240 g/mol. The molecular formula is C11H24N2O3S. The molecule has 1 fully saturated rings. The zero-order valence-electron chi connectivity index (χ0n) is 10.6. The van der Waals surface area contributed by atoms with Gasteiger partial charge in [0.05, 0.1) is 11.9 Å². The summed E-state index contributed by atoms with van der Waals surface area (Å²) in [5, 5.41) is 2.94. The van der Waals surface area contributed by atoms with Gasteiger partial charge < -0.3 is 10.1 Å². The van der Waals surface area contributed by atoms with E-state index in [4.69, 9.17) is 4.74 Å². The summed E-state index contributed by atoms with van der Waals surface area (Å²) in [6.45, 7) is 2.04. The molecule has 6 heteroatoms. The summed E-state index contributed by atoms with van der Waals surface area (Å²) >= 11 is 0. The van der Waals surface area contributed by atoms with Gasteiger partial charge in [0, 0.05) is 13.2 Å². The van der Waals surface area contributed by atoms with Crippen molar-refractivity contribution in [2.24, 2.45) is 0 Å². The lowest BCUT2D eigenvalue weighted by Crippen LogP contribution is -2.31. The van der Waals surface area contributed by atoms with E-state index >= 15 is 0 Å². The van der Waals surface area contributed by atoms with Gasteiger partial charge in [-0.25, -0.2) is 13.1 Å². The van der Waals surface area contributed by atoms with E-state index in [0.29, 0.717) is 13.0 Å². The molecule has 1 unspecified atom stereocenters. The van der Waals surface area contributed by atoms with E-state index in [1.54, 1.807) is 0 Å². The first-order valence-electron chi connectivity index (χ1n) is 6.37. The molecule has 0 radical (unpaired) electrons. The molecule has 0 aromatic carbocycles. The quantitative estimate of drug-likeness (QED) is 0.626. The van der Waals surface area contributed by atoms with Gasteiger partial charge in [0.25, 0.3) is 0 Å². The molecule has 1 saturated heterocycles. The van der Waals surface area contributed by atoms with Crippen LogP contribution in [0.25, 0.3) is 0 Å². The smallest absolute Gasteiger partial charge is 0.211 e. The lowest BCUT2D eigenvalue weighted by Gasteiger charge is -2.22. The van der Waals surface area contributed by atoms with Crippen molar-refractivity contribution in [3.63, 3.8) is 0 Å². The Morgan fingerprint density at radius 2 is 2.12 bits per heavy atom. The third kappa shape index (κ3) is 6.98. The third-order valence-corrected chi connectivity index (χ3v) is 4.37. The highest BCUT2D eigenvalue weighted by molar-refractivity contribution is 7.89. The number of hydrogen-bond donors (Lipinski definition) is 2. The molecule has 0 aromatic heterocycles. The average Bonchev–Trinajstić information content (AvgIpc) is 2.30. The van der Waals surface area contributed by atoms with Crippen molar-refractivity contribution in [2.45, 2.75) is 38.2 Å². The first-order valence-corrected chi connectivity index (χ1v) is 8.03. The second kappa shape index (κ2) is 8.02. The number of nitrogens with one attached hydrogen (secondary N) is 2. The minimum Gasteiger partial charge on any atom is -0.378 e. The van der Waals surface area contributed by atoms with Gasteiger partial charge in [0.2, 0.25) is 10.0 Å². The molecule has 0 saturated carbocycles. The number of sulfonamides is 1. The molecule has 1 aliphatic rings. The van der Waals surface area contributed by atoms with Crippen molar-refractivity contribution in [1.82, 2.24) is 10.0 Å². The normalized spacial score (nSPS) is 21.6. The van der Waals surface area contributed by atoms with Crippen LogP contribution in [0.15, 0.2) is 0 Å². The van der Waals surface area contributed by atoms with Gasteiger partial charge in [0.15, 0.2) is 0 Å². The van der Waals surface area contributed by atoms with Crippen LogP contribution in [0.4, 0.5) is 0 Å². The minimum absolute atomic E-state index is 0.194. The van der Waals surface area contributed by atoms with Crippen LogP contribution < -0.4 is 10.0 Å². The van der Waals surface area contributed by atoms with Crippen molar-refractivity contribution in [3.8, 4) is 0 Å². The highest BCUT2D eigenvalue weighted by atomic mass is 32.2. The summed E-state index contributed by atoms with van der Waals surface area (Å²) in [5.74, 6) is 0.194. The second-order valence-corrected chi connectivity index (χ2v) is 6.37. The number of hydrogen-bond acceptors (Lipinski definition) is 4. The fourth-order valence-corrected chi connectivity index (χ4v) is 3.02. The molecule has 1 atom stereocenters. The number of ether oxygens (including phenoxy) is 1. The van der Waals surface area contributed by atoms with E-state index in [0.717, 1.165) is 32.4 Å². The van der Waals surface area contributed by atoms with E-state index in [9.17, 15) is 8.42 Å². The summed E-state index contributed by atoms with van der Waals surface area (Å²) in [4.78, 5) is 0. The van der Waals surface area contributed by atoms with Crippen LogP contribution in [0.3, 0.4) is 0 Å². The van der Waals surface area contributed by atoms with E-state index in [1.807, 2.05) is 7.05 Å². The Bertz CT molecular complexity index is 287. The van der Waals surface area contributed by atoms with Crippen molar-refractivity contribution in [3.05, 3.63) is 0 Å². The molecule has 2 N–H and O–H groups in total. The monoisotopic (exact) mass is 264 g/mol. The predicted molar refractivity (Wildman–Crippen MR) is 68.5 cm³/mol. The first-order chi connectivity index (χ1) is 8.14. The maximum Gasteiger partial charge on any atom is 0.211 e. The highest BCUT2D eigenvalue weighted by Gasteiger charge is 2.15. The summed E-state index contributed by atoms with van der Waals surface area (Å²) < 4.78 is 31.3. The molecule has 102 valence electrons. The fourth-order valence-electron chi connectivity index (χ4n) is 1.92. The molecule has 17 heavy (non-hydrogen) atoms. The third-order valence-electron chi connectivity index (χ3n) is 2.90. The van der Waals surface area contributed by atoms with E-state index in [2.05, 4.69) is 10.0 Å². The van der Waals surface area contributed by atoms with E-state index in [-0.39, 0.29) is 11.9 Å². The molecule has 0 amide bonds. The SMILES string of the molecule is CNCCCS(=O)(=O)NCCC1CCCCO1. The summed E-state index contributed by atoms with van der Waals surface area (Å²) in [6, 6.07) is 0. The van der Waals surface area contributed by atoms with Crippen molar-refractivity contribution in [2.75, 3.05) is 32.5 Å². The average molecular weight is 264 g/mol. The summed E-state index contributed by atoms with van der Waals surface area (Å²) in [6.07, 6.45) is 5.05. The standard InChI is InChI=1S/C11H24N2O3S/c1-12-7-4-10-17(14,15)13-8-6-11-5-2-3-9-16-11/h11-13H,2-10H2,1H3. The molecule has 1 aliphatic heterocycles. The van der Waals surface area contributed by atoms with Gasteiger partial charge in [-0.3, -0.25) is 0 Å². The van der Waals surface area contributed by atoms with Crippen LogP contribution in [0, 0.1) is 0 Å². The van der Waals surface area contributed by atoms with Crippen LogP contribution >= 0.6 is 0 Å². The zero-order chi connectivity index (χ0) is 12.6. The first kappa shape index (κ1) is 14.9. The number of rotatable bonds is 8. The van der Waals surface area contributed by atoms with Gasteiger partial charge >= 0.3 is 0 Å². The van der Waals surface area contributed by atoms with Gasteiger partial charge in [-0.05, 0) is 45.7 Å². The molecule has 0 bridgehead atoms. The van der Waals surface area contributed by atoms with Gasteiger partial charge in [-0.1, -0.05) is 0 Å². The minimum atomic E-state index is -3.10. The van der Waals surface area contributed by atoms with Gasteiger partial charge in [-0.15, -0.1) is 0 Å². The van der Waals surface area contributed by atoms with Crippen LogP contribution in [0.5, 0.6) is 0 Å². The second-order valence-electron chi connectivity index (χ2n) is 4.45. The maximum atomic E-state index is 11.6. The highest BCUT2D eigenvalue weighted by Crippen LogP contribution is 2.14. The van der Waals surface area contributed by atoms with Gasteiger partial charge in [0.1, 0.15) is 0 Å². The fraction of sp³-hybridized carbons (Fsp3) is 1.00. The lowest BCUT2D eigenvalue weighted by atomic mass is 10.1. The molecule has 0 spiro atoms. The van der Waals surface area contributed by atoms with Crippen molar-refractivity contribution < 1.29 is 13.2 Å². The summed E-state index contributed by atoms with van der Waals surface area (Å²) in [7, 11) is -1.28. The Morgan fingerprint density at radius 1 is 1.29 bits per heavy atom. The van der Waals surface area contributed by atoms with E-state index < -0.39 is 10.0 Å². The van der Waals surface area contributed by atoms with Crippen LogP contribution in [-0.4, -0.2) is 47.0 Å². The Labute approximate surface area is 104 Å². The Balaban J connectivity index is 2.11. The largest absolute Gasteiger partial charge is 0.378 e. The van der Waals surface area contributed by atoms with Crippen molar-refractivity contribution in [1.29, 1.82) is 0 Å². The Hall–Kier alpha value is -0.170. The van der Waals surface area contributed by atoms with Crippen molar-refractivity contribution >= 4 is 10.0 Å². The lowest BCUT2D eigenvalue weighted by molar-refractivity contribution is 0.0123. The van der Waals surface area contributed by atoms with Crippen LogP contribution in [0.2, 0.25) is 0 Å². The van der Waals surface area contributed by atoms with Crippen LogP contribution in [-0.2, 0) is 14.8 Å². The maximum absolute atomic E-state index is 11.6. The van der Waals surface area contributed by atoms with Gasteiger partial charge in [-0.2, -0.15) is 0 Å². The van der Waals surface area contributed by atoms with Crippen LogP contribution in [0.1, 0.15) is 32.1 Å². The molecule has 5 nitrogen and oxygen atoms in total. The van der Waals surface area contributed by atoms with E-state index in [1.165, 1.54) is 6.42 Å². The Kier molecular flexibility index (Phi) is 7.03. The molecule has 0 aromatic rings. The predicted octanol–water partition coefficient (Wildman–Crippen LogP) is 0.475.